The van der Waals surface area contributed by atoms with E-state index in [-0.39, 0.29) is 12.2 Å². The van der Waals surface area contributed by atoms with Crippen LogP contribution < -0.4 is 0 Å². The van der Waals surface area contributed by atoms with Crippen LogP contribution in [-0.4, -0.2) is 27.1 Å². The molecule has 0 heterocycles. The summed E-state index contributed by atoms with van der Waals surface area (Å²) in [7, 11) is 0. The van der Waals surface area contributed by atoms with E-state index < -0.39 is 5.97 Å². The lowest BCUT2D eigenvalue weighted by atomic mass is 10.0. The first-order chi connectivity index (χ1) is 7.95. The summed E-state index contributed by atoms with van der Waals surface area (Å²) in [5.41, 5.74) is 0. The van der Waals surface area contributed by atoms with Crippen molar-refractivity contribution in [2.75, 3.05) is 0 Å². The molecule has 0 aromatic heterocycles. The van der Waals surface area contributed by atoms with Crippen LogP contribution in [0.5, 0.6) is 0 Å². The van der Waals surface area contributed by atoms with Crippen LogP contribution in [0, 0.1) is 0 Å². The molecule has 0 aromatic carbocycles. The SMILES string of the molecule is CCCCCCCC(=O)CCCCC(O)(O)O. The average Bonchev–Trinajstić information content (AvgIpc) is 2.23. The first-order valence-electron chi connectivity index (χ1n) is 6.64. The molecule has 0 saturated heterocycles. The van der Waals surface area contributed by atoms with Gasteiger partial charge in [0.05, 0.1) is 0 Å². The molecule has 102 valence electrons. The number of Topliss-reactive ketones (excluding diaryl/α,β-unsaturated/α-hetero) is 1. The zero-order valence-corrected chi connectivity index (χ0v) is 10.8. The molecular formula is C13H26O4. The van der Waals surface area contributed by atoms with E-state index in [9.17, 15) is 4.79 Å². The molecule has 0 aliphatic rings. The van der Waals surface area contributed by atoms with Gasteiger partial charge in [0, 0.05) is 19.3 Å². The van der Waals surface area contributed by atoms with E-state index >= 15 is 0 Å². The van der Waals surface area contributed by atoms with E-state index in [2.05, 4.69) is 6.92 Å². The minimum atomic E-state index is -2.58. The third-order valence-electron chi connectivity index (χ3n) is 2.78. The molecule has 4 nitrogen and oxygen atoms in total. The number of rotatable bonds is 11. The molecule has 4 heteroatoms. The molecule has 17 heavy (non-hydrogen) atoms. The maximum Gasteiger partial charge on any atom is 0.275 e. The monoisotopic (exact) mass is 246 g/mol. The topological polar surface area (TPSA) is 77.8 Å². The van der Waals surface area contributed by atoms with Crippen molar-refractivity contribution in [1.29, 1.82) is 0 Å². The van der Waals surface area contributed by atoms with Gasteiger partial charge in [0.15, 0.2) is 0 Å². The second-order valence-electron chi connectivity index (χ2n) is 4.68. The Morgan fingerprint density at radius 1 is 0.882 bits per heavy atom. The molecule has 0 aliphatic heterocycles. The van der Waals surface area contributed by atoms with Crippen molar-refractivity contribution in [3.8, 4) is 0 Å². The number of hydrogen-bond acceptors (Lipinski definition) is 4. The van der Waals surface area contributed by atoms with Gasteiger partial charge in [-0.05, 0) is 19.3 Å². The maximum atomic E-state index is 11.4. The Labute approximate surface area is 104 Å². The zero-order valence-electron chi connectivity index (χ0n) is 10.8. The van der Waals surface area contributed by atoms with Gasteiger partial charge >= 0.3 is 0 Å². The molecule has 0 fully saturated rings. The zero-order chi connectivity index (χ0) is 13.1. The average molecular weight is 246 g/mol. The highest BCUT2D eigenvalue weighted by Crippen LogP contribution is 2.11. The lowest BCUT2D eigenvalue weighted by molar-refractivity contribution is -0.315. The van der Waals surface area contributed by atoms with Crippen LogP contribution >= 0.6 is 0 Å². The van der Waals surface area contributed by atoms with E-state index in [0.717, 1.165) is 12.8 Å². The molecule has 0 bridgehead atoms. The predicted octanol–water partition coefficient (Wildman–Crippen LogP) is 2.11. The standard InChI is InChI=1S/C13H26O4/c1-2-3-4-5-6-9-12(14)10-7-8-11-13(15,16)17/h15-17H,2-11H2,1H3. The Kier molecular flexibility index (Phi) is 9.31. The lowest BCUT2D eigenvalue weighted by Crippen LogP contribution is -2.26. The van der Waals surface area contributed by atoms with Crippen LogP contribution in [0.15, 0.2) is 0 Å². The molecule has 0 aliphatic carbocycles. The number of unbranched alkanes of at least 4 members (excludes halogenated alkanes) is 5. The van der Waals surface area contributed by atoms with Gasteiger partial charge in [-0.2, -0.15) is 0 Å². The van der Waals surface area contributed by atoms with Gasteiger partial charge in [-0.1, -0.05) is 32.6 Å². The van der Waals surface area contributed by atoms with Crippen molar-refractivity contribution in [2.45, 2.75) is 77.1 Å². The molecule has 0 rings (SSSR count). The molecule has 0 aromatic rings. The van der Waals surface area contributed by atoms with Crippen LogP contribution in [0.4, 0.5) is 0 Å². The summed E-state index contributed by atoms with van der Waals surface area (Å²) in [4.78, 5) is 11.4. The van der Waals surface area contributed by atoms with Crippen molar-refractivity contribution in [3.63, 3.8) is 0 Å². The highest BCUT2D eigenvalue weighted by Gasteiger charge is 2.16. The molecule has 0 amide bonds. The first kappa shape index (κ1) is 16.6. The van der Waals surface area contributed by atoms with Gasteiger partial charge in [0.2, 0.25) is 0 Å². The third kappa shape index (κ3) is 13.5. The Bertz CT molecular complexity index is 196. The summed E-state index contributed by atoms with van der Waals surface area (Å²) < 4.78 is 0. The van der Waals surface area contributed by atoms with Gasteiger partial charge < -0.3 is 15.3 Å². The first-order valence-corrected chi connectivity index (χ1v) is 6.64. The second-order valence-corrected chi connectivity index (χ2v) is 4.68. The smallest absolute Gasteiger partial charge is 0.275 e. The summed E-state index contributed by atoms with van der Waals surface area (Å²) in [6.45, 7) is 2.16. The van der Waals surface area contributed by atoms with Crippen LogP contribution in [-0.2, 0) is 4.79 Å². The Morgan fingerprint density at radius 3 is 1.94 bits per heavy atom. The van der Waals surface area contributed by atoms with E-state index in [1.54, 1.807) is 0 Å². The number of aliphatic hydroxyl groups is 3. The van der Waals surface area contributed by atoms with Gasteiger partial charge in [0.25, 0.3) is 5.97 Å². The fourth-order valence-corrected chi connectivity index (χ4v) is 1.74. The Morgan fingerprint density at radius 2 is 1.41 bits per heavy atom. The summed E-state index contributed by atoms with van der Waals surface area (Å²) >= 11 is 0. The summed E-state index contributed by atoms with van der Waals surface area (Å²) in [6, 6.07) is 0. The molecule has 0 unspecified atom stereocenters. The Balaban J connectivity index is 3.29. The van der Waals surface area contributed by atoms with Gasteiger partial charge in [0.1, 0.15) is 5.78 Å². The van der Waals surface area contributed by atoms with Crippen molar-refractivity contribution in [2.24, 2.45) is 0 Å². The van der Waals surface area contributed by atoms with Crippen molar-refractivity contribution >= 4 is 5.78 Å². The normalized spacial score (nSPS) is 11.8. The number of carbonyl (C=O) groups excluding carboxylic acids is 1. The van der Waals surface area contributed by atoms with Gasteiger partial charge in [-0.15, -0.1) is 0 Å². The quantitative estimate of drug-likeness (QED) is 0.385. The van der Waals surface area contributed by atoms with Gasteiger partial charge in [-0.3, -0.25) is 4.79 Å². The summed E-state index contributed by atoms with van der Waals surface area (Å²) in [5.74, 6) is -2.34. The minimum Gasteiger partial charge on any atom is -0.344 e. The van der Waals surface area contributed by atoms with Crippen molar-refractivity contribution < 1.29 is 20.1 Å². The fourth-order valence-electron chi connectivity index (χ4n) is 1.74. The minimum absolute atomic E-state index is 0.100. The number of carbonyl (C=O) groups is 1. The van der Waals surface area contributed by atoms with E-state index in [4.69, 9.17) is 15.3 Å². The van der Waals surface area contributed by atoms with Crippen LogP contribution in [0.2, 0.25) is 0 Å². The number of hydrogen-bond donors (Lipinski definition) is 3. The van der Waals surface area contributed by atoms with Gasteiger partial charge in [-0.25, -0.2) is 0 Å². The fraction of sp³-hybridized carbons (Fsp3) is 0.923. The molecule has 0 spiro atoms. The third-order valence-corrected chi connectivity index (χ3v) is 2.78. The highest BCUT2D eigenvalue weighted by atomic mass is 16.7. The molecule has 0 radical (unpaired) electrons. The van der Waals surface area contributed by atoms with E-state index in [1.807, 2.05) is 0 Å². The summed E-state index contributed by atoms with van der Waals surface area (Å²) in [5, 5.41) is 25.9. The van der Waals surface area contributed by atoms with Crippen LogP contribution in [0.25, 0.3) is 0 Å². The lowest BCUT2D eigenvalue weighted by Gasteiger charge is -2.12. The molecule has 0 atom stereocenters. The van der Waals surface area contributed by atoms with E-state index in [0.29, 0.717) is 25.7 Å². The maximum absolute atomic E-state index is 11.4. The molecular weight excluding hydrogens is 220 g/mol. The predicted molar refractivity (Wildman–Crippen MR) is 66.2 cm³/mol. The molecule has 0 saturated carbocycles. The largest absolute Gasteiger partial charge is 0.344 e. The molecule has 3 N–H and O–H groups in total. The van der Waals surface area contributed by atoms with E-state index in [1.165, 1.54) is 19.3 Å². The van der Waals surface area contributed by atoms with Crippen LogP contribution in [0.1, 0.15) is 71.1 Å². The van der Waals surface area contributed by atoms with Crippen molar-refractivity contribution in [3.05, 3.63) is 0 Å². The number of ketones is 1. The van der Waals surface area contributed by atoms with Crippen LogP contribution in [0.3, 0.4) is 0 Å². The van der Waals surface area contributed by atoms with Crippen molar-refractivity contribution in [1.82, 2.24) is 0 Å². The summed E-state index contributed by atoms with van der Waals surface area (Å²) in [6.07, 6.45) is 7.79. The Hall–Kier alpha value is -0.450. The second kappa shape index (κ2) is 9.57. The highest BCUT2D eigenvalue weighted by molar-refractivity contribution is 5.78.